The van der Waals surface area contributed by atoms with Crippen molar-refractivity contribution in [1.82, 2.24) is 26.2 Å². The zero-order valence-electron chi connectivity index (χ0n) is 31.4. The molecule has 2 aromatic rings. The minimum atomic E-state index is -0.999. The van der Waals surface area contributed by atoms with Crippen LogP contribution in [0.3, 0.4) is 0 Å². The first-order valence-electron chi connectivity index (χ1n) is 18.5. The normalized spacial score (nSPS) is 16.3. The van der Waals surface area contributed by atoms with Gasteiger partial charge in [-0.1, -0.05) is 118 Å². The molecule has 4 amide bonds. The number of hydrogen-bond acceptors (Lipinski definition) is 7. The highest BCUT2D eigenvalue weighted by atomic mass is 127. The van der Waals surface area contributed by atoms with Crippen LogP contribution >= 0.6 is 22.6 Å². The van der Waals surface area contributed by atoms with E-state index < -0.39 is 41.9 Å². The molecular weight excluding hydrogens is 773 g/mol. The Morgan fingerprint density at radius 2 is 1.17 bits per heavy atom. The fourth-order valence-electron chi connectivity index (χ4n) is 6.14. The van der Waals surface area contributed by atoms with Crippen molar-refractivity contribution < 1.29 is 28.7 Å². The second kappa shape index (κ2) is 22.7. The van der Waals surface area contributed by atoms with Crippen molar-refractivity contribution in [3.05, 3.63) is 71.8 Å². The Bertz CT molecular complexity index is 1420. The maximum atomic E-state index is 14.1. The van der Waals surface area contributed by atoms with Gasteiger partial charge in [-0.2, -0.15) is 0 Å². The van der Waals surface area contributed by atoms with Crippen molar-refractivity contribution in [3.8, 4) is 0 Å². The van der Waals surface area contributed by atoms with Gasteiger partial charge in [-0.05, 0) is 48.6 Å². The van der Waals surface area contributed by atoms with E-state index >= 15 is 0 Å². The van der Waals surface area contributed by atoms with Gasteiger partial charge in [0.1, 0.15) is 18.1 Å². The number of morpholine rings is 1. The van der Waals surface area contributed by atoms with E-state index in [1.165, 1.54) is 0 Å². The van der Waals surface area contributed by atoms with Crippen LogP contribution in [0.25, 0.3) is 0 Å². The predicted molar refractivity (Wildman–Crippen MR) is 212 cm³/mol. The molecule has 0 bridgehead atoms. The van der Waals surface area contributed by atoms with Gasteiger partial charge in [0.2, 0.25) is 23.6 Å². The van der Waals surface area contributed by atoms with Gasteiger partial charge in [0.25, 0.3) is 0 Å². The largest absolute Gasteiger partial charge is 0.379 e. The molecule has 1 heterocycles. The Balaban J connectivity index is 1.82. The molecule has 4 N–H and O–H groups in total. The van der Waals surface area contributed by atoms with Crippen molar-refractivity contribution in [2.75, 3.05) is 37.3 Å². The van der Waals surface area contributed by atoms with Gasteiger partial charge in [0.05, 0.1) is 25.8 Å². The molecule has 1 fully saturated rings. The number of benzene rings is 2. The summed E-state index contributed by atoms with van der Waals surface area (Å²) < 4.78 is 6.03. The van der Waals surface area contributed by atoms with Crippen molar-refractivity contribution in [1.29, 1.82) is 0 Å². The van der Waals surface area contributed by atoms with Gasteiger partial charge in [0, 0.05) is 29.9 Å². The maximum Gasteiger partial charge on any atom is 0.243 e. The van der Waals surface area contributed by atoms with Crippen LogP contribution in [0.4, 0.5) is 0 Å². The first-order chi connectivity index (χ1) is 24.9. The lowest BCUT2D eigenvalue weighted by Crippen LogP contribution is -2.59. The minimum Gasteiger partial charge on any atom is -0.379 e. The third-order valence-corrected chi connectivity index (χ3v) is 10.3. The fraction of sp³-hybridized carbons (Fsp3) is 0.575. The van der Waals surface area contributed by atoms with E-state index in [0.29, 0.717) is 56.4 Å². The predicted octanol–water partition coefficient (Wildman–Crippen LogP) is 3.87. The summed E-state index contributed by atoms with van der Waals surface area (Å²) >= 11 is 2.18. The van der Waals surface area contributed by atoms with Gasteiger partial charge in [0.15, 0.2) is 5.78 Å². The van der Waals surface area contributed by atoms with Gasteiger partial charge in [-0.3, -0.25) is 28.9 Å². The Morgan fingerprint density at radius 1 is 0.673 bits per heavy atom. The molecule has 5 atom stereocenters. The quantitative estimate of drug-likeness (QED) is 0.111. The number of nitrogens with zero attached hydrogens (tertiary/aromatic N) is 1. The molecule has 1 aliphatic rings. The zero-order chi connectivity index (χ0) is 38.0. The van der Waals surface area contributed by atoms with E-state index in [4.69, 9.17) is 4.74 Å². The summed E-state index contributed by atoms with van der Waals surface area (Å²) in [6, 6.07) is 15.5. The summed E-state index contributed by atoms with van der Waals surface area (Å²) in [5.74, 6) is -1.79. The average molecular weight is 832 g/mol. The number of nitrogens with one attached hydrogen (secondary N) is 4. The molecule has 3 rings (SSSR count). The molecule has 12 heteroatoms. The zero-order valence-corrected chi connectivity index (χ0v) is 33.5. The summed E-state index contributed by atoms with van der Waals surface area (Å²) in [7, 11) is 0. The van der Waals surface area contributed by atoms with Crippen LogP contribution in [-0.2, 0) is 41.6 Å². The number of carbonyl (C=O) groups excluding carboxylic acids is 5. The number of hydrogen-bond donors (Lipinski definition) is 4. The number of ketones is 1. The molecule has 0 aromatic heterocycles. The second-order valence-corrected chi connectivity index (χ2v) is 15.5. The average Bonchev–Trinajstić information content (AvgIpc) is 3.12. The fourth-order valence-corrected chi connectivity index (χ4v) is 6.58. The monoisotopic (exact) mass is 831 g/mol. The van der Waals surface area contributed by atoms with Gasteiger partial charge in [-0.15, -0.1) is 0 Å². The number of amides is 4. The Labute approximate surface area is 323 Å². The summed E-state index contributed by atoms with van der Waals surface area (Å²) in [4.78, 5) is 70.4. The third-order valence-electron chi connectivity index (χ3n) is 9.03. The number of ether oxygens (including phenoxy) is 1. The van der Waals surface area contributed by atoms with Gasteiger partial charge >= 0.3 is 0 Å². The molecule has 11 nitrogen and oxygen atoms in total. The van der Waals surface area contributed by atoms with Crippen molar-refractivity contribution in [2.45, 2.75) is 90.9 Å². The van der Waals surface area contributed by atoms with Crippen LogP contribution in [0, 0.1) is 17.8 Å². The van der Waals surface area contributed by atoms with E-state index in [1.54, 1.807) is 0 Å². The minimum absolute atomic E-state index is 0.0268. The van der Waals surface area contributed by atoms with Crippen molar-refractivity contribution >= 4 is 52.0 Å². The maximum absolute atomic E-state index is 14.1. The Morgan fingerprint density at radius 3 is 1.75 bits per heavy atom. The number of halogens is 1. The topological polar surface area (TPSA) is 146 Å². The smallest absolute Gasteiger partial charge is 0.243 e. The van der Waals surface area contributed by atoms with Crippen LogP contribution < -0.4 is 21.3 Å². The molecule has 0 aliphatic carbocycles. The van der Waals surface area contributed by atoms with Crippen LogP contribution in [0.1, 0.15) is 65.0 Å². The Hall–Kier alpha value is -3.36. The molecule has 52 heavy (non-hydrogen) atoms. The van der Waals surface area contributed by atoms with E-state index in [0.717, 1.165) is 11.1 Å². The van der Waals surface area contributed by atoms with E-state index in [9.17, 15) is 24.0 Å². The lowest BCUT2D eigenvalue weighted by atomic mass is 9.93. The lowest BCUT2D eigenvalue weighted by Gasteiger charge is -2.29. The molecule has 0 radical (unpaired) electrons. The summed E-state index contributed by atoms with van der Waals surface area (Å²) in [6.07, 6.45) is 1.87. The van der Waals surface area contributed by atoms with Crippen molar-refractivity contribution in [3.63, 3.8) is 0 Å². The van der Waals surface area contributed by atoms with Gasteiger partial charge in [-0.25, -0.2) is 0 Å². The summed E-state index contributed by atoms with van der Waals surface area (Å²) in [5.41, 5.74) is 1.86. The number of alkyl halides is 1. The molecule has 0 unspecified atom stereocenters. The first kappa shape index (κ1) is 43.0. The van der Waals surface area contributed by atoms with Crippen LogP contribution in [0.15, 0.2) is 60.7 Å². The van der Waals surface area contributed by atoms with Gasteiger partial charge < -0.3 is 26.0 Å². The number of Topliss-reactive ketones (excluding diaryl/α,β-unsaturated/α-hetero) is 1. The second-order valence-electron chi connectivity index (χ2n) is 14.6. The molecule has 286 valence electrons. The van der Waals surface area contributed by atoms with Crippen LogP contribution in [-0.4, -0.2) is 95.8 Å². The number of aryl methyl sites for hydroxylation is 1. The summed E-state index contributed by atoms with van der Waals surface area (Å²) in [6.45, 7) is 12.3. The summed E-state index contributed by atoms with van der Waals surface area (Å²) in [5, 5.41) is 11.7. The molecular formula is C40H58IN5O6. The van der Waals surface area contributed by atoms with Crippen molar-refractivity contribution in [2.24, 2.45) is 17.8 Å². The molecule has 2 aromatic carbocycles. The highest BCUT2D eigenvalue weighted by Crippen LogP contribution is 2.15. The standard InChI is InChI=1S/C40H58IN5O6/c1-27(2)22-33(37(48)29(5)25-41)43-40(51)35(24-31-14-10-7-11-15-31)45-39(50)34(23-28(3)4)44-38(49)32(17-16-30-12-8-6-9-13-30)42-36(47)26-46-18-20-52-21-19-46/h6-15,27-29,32-35H,16-26H2,1-5H3,(H,42,47)(H,43,51)(H,44,49)(H,45,50)/t29-,32+,33+,34+,35+/m1/s1. The van der Waals surface area contributed by atoms with Crippen LogP contribution in [0.5, 0.6) is 0 Å². The highest BCUT2D eigenvalue weighted by Gasteiger charge is 2.33. The SMILES string of the molecule is CC(C)C[C@H](NC(=O)[C@H](CCc1ccccc1)NC(=O)CN1CCOCC1)C(=O)N[C@@H](Cc1ccccc1)C(=O)N[C@@H](CC(C)C)C(=O)[C@H](C)CI. The number of rotatable bonds is 21. The molecule has 1 aliphatic heterocycles. The van der Waals surface area contributed by atoms with E-state index in [1.807, 2.05) is 100 Å². The Kier molecular flexibility index (Phi) is 18.8. The molecule has 0 saturated carbocycles. The number of carbonyl (C=O) groups is 5. The van der Waals surface area contributed by atoms with E-state index in [2.05, 4.69) is 43.9 Å². The molecule has 1 saturated heterocycles. The highest BCUT2D eigenvalue weighted by molar-refractivity contribution is 14.1. The lowest BCUT2D eigenvalue weighted by molar-refractivity contribution is -0.135. The van der Waals surface area contributed by atoms with Crippen LogP contribution in [0.2, 0.25) is 0 Å². The molecule has 0 spiro atoms. The first-order valence-corrected chi connectivity index (χ1v) is 20.1. The third kappa shape index (κ3) is 15.3. The van der Waals surface area contributed by atoms with E-state index in [-0.39, 0.29) is 42.4 Å².